The van der Waals surface area contributed by atoms with Crippen LogP contribution in [-0.4, -0.2) is 58.7 Å². The van der Waals surface area contributed by atoms with E-state index in [0.29, 0.717) is 23.4 Å². The van der Waals surface area contributed by atoms with E-state index < -0.39 is 5.41 Å². The SMILES string of the molecule is CC(N[C@@H]1CCCN(c2ccc(C3(C(=O)Nc4cc(=O)n5ccccc5n4)COC3)nc2)C1)C1CCC1. The molecule has 3 aromatic rings. The lowest BCUT2D eigenvalue weighted by atomic mass is 9.80. The highest BCUT2D eigenvalue weighted by atomic mass is 16.5. The molecule has 2 aliphatic heterocycles. The van der Waals surface area contributed by atoms with Gasteiger partial charge in [-0.3, -0.25) is 19.0 Å². The minimum Gasteiger partial charge on any atom is -0.378 e. The Morgan fingerprint density at radius 3 is 2.73 bits per heavy atom. The Bertz CT molecular complexity index is 1330. The van der Waals surface area contributed by atoms with Gasteiger partial charge in [0.2, 0.25) is 5.91 Å². The van der Waals surface area contributed by atoms with E-state index >= 15 is 0 Å². The second kappa shape index (κ2) is 9.87. The zero-order chi connectivity index (χ0) is 25.4. The highest BCUT2D eigenvalue weighted by Crippen LogP contribution is 2.34. The fourth-order valence-corrected chi connectivity index (χ4v) is 5.71. The summed E-state index contributed by atoms with van der Waals surface area (Å²) >= 11 is 0. The highest BCUT2D eigenvalue weighted by Gasteiger charge is 2.49. The maximum absolute atomic E-state index is 13.4. The zero-order valence-electron chi connectivity index (χ0n) is 21.2. The smallest absolute Gasteiger partial charge is 0.259 e. The number of amides is 1. The number of fused-ring (bicyclic) bond motifs is 1. The lowest BCUT2D eigenvalue weighted by molar-refractivity contribution is -0.140. The fraction of sp³-hybridized carbons (Fsp3) is 0.500. The number of hydrogen-bond acceptors (Lipinski definition) is 7. The third-order valence-electron chi connectivity index (χ3n) is 8.32. The number of pyridine rings is 2. The minimum absolute atomic E-state index is 0.229. The van der Waals surface area contributed by atoms with Gasteiger partial charge in [0.05, 0.1) is 30.8 Å². The van der Waals surface area contributed by atoms with Gasteiger partial charge in [-0.15, -0.1) is 0 Å². The first-order valence-corrected chi connectivity index (χ1v) is 13.4. The Hall–Kier alpha value is -3.30. The predicted octanol–water partition coefficient (Wildman–Crippen LogP) is 2.74. The molecule has 194 valence electrons. The van der Waals surface area contributed by atoms with Gasteiger partial charge in [0, 0.05) is 37.4 Å². The normalized spacial score (nSPS) is 22.2. The van der Waals surface area contributed by atoms with Gasteiger partial charge in [0.25, 0.3) is 5.56 Å². The van der Waals surface area contributed by atoms with Crippen LogP contribution in [0.1, 0.15) is 44.7 Å². The van der Waals surface area contributed by atoms with E-state index in [1.807, 2.05) is 12.3 Å². The Labute approximate surface area is 216 Å². The van der Waals surface area contributed by atoms with Crippen molar-refractivity contribution in [1.82, 2.24) is 19.7 Å². The zero-order valence-corrected chi connectivity index (χ0v) is 21.2. The summed E-state index contributed by atoms with van der Waals surface area (Å²) in [4.78, 5) is 37.4. The van der Waals surface area contributed by atoms with Gasteiger partial charge in [-0.25, -0.2) is 4.98 Å². The second-order valence-electron chi connectivity index (χ2n) is 10.8. The van der Waals surface area contributed by atoms with E-state index in [-0.39, 0.29) is 30.5 Å². The van der Waals surface area contributed by atoms with Crippen LogP contribution in [0, 0.1) is 5.92 Å². The molecule has 1 aliphatic carbocycles. The maximum Gasteiger partial charge on any atom is 0.259 e. The molecule has 0 bridgehead atoms. The summed E-state index contributed by atoms with van der Waals surface area (Å²) in [5.74, 6) is 0.789. The van der Waals surface area contributed by atoms with Crippen LogP contribution >= 0.6 is 0 Å². The molecule has 3 aromatic heterocycles. The summed E-state index contributed by atoms with van der Waals surface area (Å²) in [6.45, 7) is 4.79. The Morgan fingerprint density at radius 1 is 1.16 bits per heavy atom. The first kappa shape index (κ1) is 24.1. The summed E-state index contributed by atoms with van der Waals surface area (Å²) in [6, 6.07) is 11.7. The average molecular weight is 503 g/mol. The van der Waals surface area contributed by atoms with Crippen LogP contribution < -0.4 is 21.1 Å². The first-order chi connectivity index (χ1) is 18.0. The number of ether oxygens (including phenoxy) is 1. The predicted molar refractivity (Wildman–Crippen MR) is 142 cm³/mol. The van der Waals surface area contributed by atoms with Crippen molar-refractivity contribution in [1.29, 1.82) is 0 Å². The molecule has 1 saturated carbocycles. The molecule has 9 heteroatoms. The topological polar surface area (TPSA) is 101 Å². The van der Waals surface area contributed by atoms with Crippen LogP contribution in [0.25, 0.3) is 5.65 Å². The molecular formula is C28H34N6O3. The Morgan fingerprint density at radius 2 is 2.03 bits per heavy atom. The van der Waals surface area contributed by atoms with Crippen molar-refractivity contribution in [2.45, 2.75) is 56.5 Å². The van der Waals surface area contributed by atoms with Gasteiger partial charge in [0.1, 0.15) is 16.9 Å². The van der Waals surface area contributed by atoms with E-state index in [1.54, 1.807) is 24.4 Å². The minimum atomic E-state index is -0.897. The van der Waals surface area contributed by atoms with Crippen LogP contribution in [-0.2, 0) is 14.9 Å². The number of carbonyl (C=O) groups is 1. The third-order valence-corrected chi connectivity index (χ3v) is 8.32. The van der Waals surface area contributed by atoms with E-state index in [4.69, 9.17) is 9.72 Å². The molecule has 5 heterocycles. The first-order valence-electron chi connectivity index (χ1n) is 13.4. The van der Waals surface area contributed by atoms with Crippen LogP contribution in [0.15, 0.2) is 53.6 Å². The number of anilines is 2. The molecular weight excluding hydrogens is 468 g/mol. The van der Waals surface area contributed by atoms with Crippen molar-refractivity contribution in [3.8, 4) is 0 Å². The number of nitrogens with one attached hydrogen (secondary N) is 2. The molecule has 37 heavy (non-hydrogen) atoms. The van der Waals surface area contributed by atoms with Crippen molar-refractivity contribution >= 4 is 23.1 Å². The number of rotatable bonds is 7. The van der Waals surface area contributed by atoms with Crippen molar-refractivity contribution in [3.05, 3.63) is 64.8 Å². The van der Waals surface area contributed by atoms with Crippen LogP contribution in [0.5, 0.6) is 0 Å². The molecule has 0 spiro atoms. The number of hydrogen-bond donors (Lipinski definition) is 2. The van der Waals surface area contributed by atoms with E-state index in [2.05, 4.69) is 33.5 Å². The molecule has 0 aromatic carbocycles. The second-order valence-corrected chi connectivity index (χ2v) is 10.8. The molecule has 6 rings (SSSR count). The van der Waals surface area contributed by atoms with E-state index in [0.717, 1.165) is 31.1 Å². The van der Waals surface area contributed by atoms with Gasteiger partial charge in [-0.1, -0.05) is 12.5 Å². The summed E-state index contributed by atoms with van der Waals surface area (Å²) < 4.78 is 6.91. The lowest BCUT2D eigenvalue weighted by Crippen LogP contribution is -2.56. The molecule has 1 unspecified atom stereocenters. The van der Waals surface area contributed by atoms with Gasteiger partial charge >= 0.3 is 0 Å². The molecule has 0 radical (unpaired) electrons. The fourth-order valence-electron chi connectivity index (χ4n) is 5.71. The quantitative estimate of drug-likeness (QED) is 0.512. The third kappa shape index (κ3) is 4.62. The standard InChI is InChI=1S/C28H34N6O3/c1-19(20-6-4-7-20)30-21-8-5-12-33(16-21)22-10-11-23(29-15-22)28(17-37-18-28)27(36)32-24-14-26(35)34-13-3-2-9-25(34)31-24/h2-3,9-11,13-15,19-21,30H,4-8,12,16-18H2,1H3,(H,32,36)/t19?,21-/m1/s1. The van der Waals surface area contributed by atoms with Crippen molar-refractivity contribution in [3.63, 3.8) is 0 Å². The van der Waals surface area contributed by atoms with E-state index in [9.17, 15) is 9.59 Å². The van der Waals surface area contributed by atoms with Crippen molar-refractivity contribution in [2.24, 2.45) is 5.92 Å². The molecule has 2 atom stereocenters. The molecule has 9 nitrogen and oxygen atoms in total. The van der Waals surface area contributed by atoms with Crippen LogP contribution in [0.3, 0.4) is 0 Å². The lowest BCUT2D eigenvalue weighted by Gasteiger charge is -2.40. The van der Waals surface area contributed by atoms with Gasteiger partial charge in [-0.2, -0.15) is 0 Å². The summed E-state index contributed by atoms with van der Waals surface area (Å²) in [5, 5.41) is 6.70. The van der Waals surface area contributed by atoms with Crippen LogP contribution in [0.4, 0.5) is 11.5 Å². The number of nitrogens with zero attached hydrogens (tertiary/aromatic N) is 4. The molecule has 3 aliphatic rings. The average Bonchev–Trinajstić information content (AvgIpc) is 2.83. The maximum atomic E-state index is 13.4. The van der Waals surface area contributed by atoms with Crippen LogP contribution in [0.2, 0.25) is 0 Å². The number of piperidine rings is 1. The Kier molecular flexibility index (Phi) is 6.42. The van der Waals surface area contributed by atoms with E-state index in [1.165, 1.54) is 36.2 Å². The van der Waals surface area contributed by atoms with Crippen molar-refractivity contribution < 1.29 is 9.53 Å². The molecule has 2 N–H and O–H groups in total. The number of carbonyl (C=O) groups excluding carboxylic acids is 1. The molecule has 1 amide bonds. The molecule has 3 fully saturated rings. The summed E-state index contributed by atoms with van der Waals surface area (Å²) in [6.07, 6.45) is 9.95. The summed E-state index contributed by atoms with van der Waals surface area (Å²) in [7, 11) is 0. The van der Waals surface area contributed by atoms with Crippen molar-refractivity contribution in [2.75, 3.05) is 36.5 Å². The molecule has 2 saturated heterocycles. The highest BCUT2D eigenvalue weighted by molar-refractivity contribution is 5.99. The largest absolute Gasteiger partial charge is 0.378 e. The monoisotopic (exact) mass is 502 g/mol. The Balaban J connectivity index is 1.15. The van der Waals surface area contributed by atoms with Gasteiger partial charge in [-0.05, 0) is 62.8 Å². The number of aromatic nitrogens is 3. The van der Waals surface area contributed by atoms with Gasteiger partial charge < -0.3 is 20.3 Å². The van der Waals surface area contributed by atoms with Gasteiger partial charge in [0.15, 0.2) is 0 Å². The summed E-state index contributed by atoms with van der Waals surface area (Å²) in [5.41, 5.74) is 1.07.